The van der Waals surface area contributed by atoms with Crippen molar-refractivity contribution in [2.75, 3.05) is 23.9 Å². The SMILES string of the molecule is COc1cccc(N2C[C@@H](C(=O)Nc3ccc4nc(C)oc4c3)CC2=O)c1. The number of methoxy groups -OCH3 is 1. The third-order valence-electron chi connectivity index (χ3n) is 4.62. The van der Waals surface area contributed by atoms with Crippen molar-refractivity contribution in [1.29, 1.82) is 0 Å². The van der Waals surface area contributed by atoms with Gasteiger partial charge in [0.1, 0.15) is 11.3 Å². The van der Waals surface area contributed by atoms with Gasteiger partial charge in [0, 0.05) is 43.4 Å². The molecule has 2 amide bonds. The first-order valence-electron chi connectivity index (χ1n) is 8.66. The van der Waals surface area contributed by atoms with Gasteiger partial charge in [0.25, 0.3) is 0 Å². The van der Waals surface area contributed by atoms with Gasteiger partial charge in [0.05, 0.1) is 13.0 Å². The smallest absolute Gasteiger partial charge is 0.229 e. The fourth-order valence-electron chi connectivity index (χ4n) is 3.27. The molecule has 2 heterocycles. The van der Waals surface area contributed by atoms with Gasteiger partial charge in [-0.1, -0.05) is 6.07 Å². The normalized spacial score (nSPS) is 16.7. The highest BCUT2D eigenvalue weighted by atomic mass is 16.5. The molecular weight excluding hydrogens is 346 g/mol. The largest absolute Gasteiger partial charge is 0.497 e. The zero-order valence-corrected chi connectivity index (χ0v) is 15.1. The maximum absolute atomic E-state index is 12.6. The number of amides is 2. The van der Waals surface area contributed by atoms with Crippen LogP contribution < -0.4 is 15.0 Å². The first-order chi connectivity index (χ1) is 13.0. The molecule has 0 saturated carbocycles. The van der Waals surface area contributed by atoms with Crippen LogP contribution in [-0.4, -0.2) is 30.5 Å². The summed E-state index contributed by atoms with van der Waals surface area (Å²) in [5.41, 5.74) is 2.71. The van der Waals surface area contributed by atoms with Gasteiger partial charge in [0.15, 0.2) is 11.5 Å². The summed E-state index contributed by atoms with van der Waals surface area (Å²) < 4.78 is 10.7. The van der Waals surface area contributed by atoms with Crippen molar-refractivity contribution >= 4 is 34.3 Å². The van der Waals surface area contributed by atoms with Gasteiger partial charge in [-0.3, -0.25) is 9.59 Å². The van der Waals surface area contributed by atoms with E-state index in [2.05, 4.69) is 10.3 Å². The molecule has 1 fully saturated rings. The molecule has 1 aliphatic rings. The van der Waals surface area contributed by atoms with Gasteiger partial charge < -0.3 is 19.4 Å². The van der Waals surface area contributed by atoms with E-state index >= 15 is 0 Å². The molecule has 1 atom stereocenters. The minimum Gasteiger partial charge on any atom is -0.497 e. The van der Waals surface area contributed by atoms with Crippen LogP contribution in [0.25, 0.3) is 11.1 Å². The maximum Gasteiger partial charge on any atom is 0.229 e. The molecule has 27 heavy (non-hydrogen) atoms. The summed E-state index contributed by atoms with van der Waals surface area (Å²) in [5, 5.41) is 2.87. The molecule has 3 aromatic rings. The van der Waals surface area contributed by atoms with E-state index in [1.807, 2.05) is 18.2 Å². The number of nitrogens with zero attached hydrogens (tertiary/aromatic N) is 2. The van der Waals surface area contributed by atoms with Crippen LogP contribution in [0.3, 0.4) is 0 Å². The summed E-state index contributed by atoms with van der Waals surface area (Å²) in [4.78, 5) is 30.9. The first-order valence-corrected chi connectivity index (χ1v) is 8.66. The van der Waals surface area contributed by atoms with Gasteiger partial charge in [-0.15, -0.1) is 0 Å². The van der Waals surface area contributed by atoms with E-state index in [4.69, 9.17) is 9.15 Å². The Morgan fingerprint density at radius 3 is 2.96 bits per heavy atom. The minimum absolute atomic E-state index is 0.0790. The van der Waals surface area contributed by atoms with Gasteiger partial charge in [-0.2, -0.15) is 0 Å². The summed E-state index contributed by atoms with van der Waals surface area (Å²) in [6.45, 7) is 2.11. The average Bonchev–Trinajstić information content (AvgIpc) is 3.23. The molecule has 1 aliphatic heterocycles. The fourth-order valence-corrected chi connectivity index (χ4v) is 3.27. The third kappa shape index (κ3) is 3.36. The molecule has 7 nitrogen and oxygen atoms in total. The zero-order chi connectivity index (χ0) is 19.0. The Kier molecular flexibility index (Phi) is 4.27. The van der Waals surface area contributed by atoms with Crippen molar-refractivity contribution in [2.24, 2.45) is 5.92 Å². The highest BCUT2D eigenvalue weighted by Gasteiger charge is 2.35. The van der Waals surface area contributed by atoms with E-state index in [1.165, 1.54) is 0 Å². The van der Waals surface area contributed by atoms with Crippen LogP contribution in [0, 0.1) is 12.8 Å². The Labute approximate surface area is 155 Å². The molecule has 4 rings (SSSR count). The van der Waals surface area contributed by atoms with Crippen molar-refractivity contribution in [3.63, 3.8) is 0 Å². The summed E-state index contributed by atoms with van der Waals surface area (Å²) in [5.74, 6) is 0.553. The molecule has 7 heteroatoms. The minimum atomic E-state index is -0.420. The molecular formula is C20H19N3O4. The Morgan fingerprint density at radius 2 is 2.15 bits per heavy atom. The predicted octanol–water partition coefficient (Wildman–Crippen LogP) is 3.14. The van der Waals surface area contributed by atoms with Crippen LogP contribution in [0.4, 0.5) is 11.4 Å². The van der Waals surface area contributed by atoms with Crippen LogP contribution in [-0.2, 0) is 9.59 Å². The lowest BCUT2D eigenvalue weighted by Gasteiger charge is -2.17. The van der Waals surface area contributed by atoms with Gasteiger partial charge >= 0.3 is 0 Å². The van der Waals surface area contributed by atoms with Gasteiger partial charge in [-0.05, 0) is 24.3 Å². The number of carbonyl (C=O) groups is 2. The van der Waals surface area contributed by atoms with E-state index in [1.54, 1.807) is 43.2 Å². The van der Waals surface area contributed by atoms with Crippen LogP contribution in [0.2, 0.25) is 0 Å². The quantitative estimate of drug-likeness (QED) is 0.768. The number of nitrogens with one attached hydrogen (secondary N) is 1. The predicted molar refractivity (Wildman–Crippen MR) is 101 cm³/mol. The van der Waals surface area contributed by atoms with Gasteiger partial charge in [0.2, 0.25) is 11.8 Å². The van der Waals surface area contributed by atoms with Gasteiger partial charge in [-0.25, -0.2) is 4.98 Å². The number of ether oxygens (including phenoxy) is 1. The number of rotatable bonds is 4. The molecule has 0 unspecified atom stereocenters. The number of hydrogen-bond donors (Lipinski definition) is 1. The van der Waals surface area contributed by atoms with Crippen molar-refractivity contribution < 1.29 is 18.7 Å². The number of carbonyl (C=O) groups excluding carboxylic acids is 2. The zero-order valence-electron chi connectivity index (χ0n) is 15.1. The number of aromatic nitrogens is 1. The average molecular weight is 365 g/mol. The fraction of sp³-hybridized carbons (Fsp3) is 0.250. The van der Waals surface area contributed by atoms with E-state index in [0.717, 1.165) is 11.2 Å². The van der Waals surface area contributed by atoms with Crippen molar-refractivity contribution in [1.82, 2.24) is 4.98 Å². The second kappa shape index (κ2) is 6.75. The van der Waals surface area contributed by atoms with E-state index in [-0.39, 0.29) is 18.2 Å². The lowest BCUT2D eigenvalue weighted by Crippen LogP contribution is -2.28. The molecule has 0 spiro atoms. The molecule has 1 aromatic heterocycles. The molecule has 138 valence electrons. The molecule has 1 saturated heterocycles. The van der Waals surface area contributed by atoms with Crippen molar-refractivity contribution in [3.05, 3.63) is 48.4 Å². The van der Waals surface area contributed by atoms with Crippen LogP contribution >= 0.6 is 0 Å². The maximum atomic E-state index is 12.6. The lowest BCUT2D eigenvalue weighted by molar-refractivity contribution is -0.122. The highest BCUT2D eigenvalue weighted by molar-refractivity contribution is 6.04. The van der Waals surface area contributed by atoms with E-state index < -0.39 is 5.92 Å². The molecule has 0 bridgehead atoms. The van der Waals surface area contributed by atoms with Crippen LogP contribution in [0.15, 0.2) is 46.9 Å². The van der Waals surface area contributed by atoms with E-state index in [0.29, 0.717) is 29.5 Å². The van der Waals surface area contributed by atoms with Crippen LogP contribution in [0.5, 0.6) is 5.75 Å². The number of oxazole rings is 1. The topological polar surface area (TPSA) is 84.7 Å². The van der Waals surface area contributed by atoms with E-state index in [9.17, 15) is 9.59 Å². The molecule has 2 aromatic carbocycles. The number of aryl methyl sites for hydroxylation is 1. The highest BCUT2D eigenvalue weighted by Crippen LogP contribution is 2.29. The molecule has 0 aliphatic carbocycles. The number of fused-ring (bicyclic) bond motifs is 1. The number of benzene rings is 2. The summed E-state index contributed by atoms with van der Waals surface area (Å²) in [6.07, 6.45) is 0.173. The molecule has 0 radical (unpaired) electrons. The Morgan fingerprint density at radius 1 is 1.30 bits per heavy atom. The Balaban J connectivity index is 1.48. The summed E-state index contributed by atoms with van der Waals surface area (Å²) in [7, 11) is 1.58. The number of anilines is 2. The Bertz CT molecular complexity index is 1030. The Hall–Kier alpha value is -3.35. The number of hydrogen-bond acceptors (Lipinski definition) is 5. The third-order valence-corrected chi connectivity index (χ3v) is 4.62. The summed E-state index contributed by atoms with van der Waals surface area (Å²) in [6, 6.07) is 12.6. The first kappa shape index (κ1) is 17.1. The van der Waals surface area contributed by atoms with Crippen molar-refractivity contribution in [3.8, 4) is 5.75 Å². The van der Waals surface area contributed by atoms with Crippen molar-refractivity contribution in [2.45, 2.75) is 13.3 Å². The summed E-state index contributed by atoms with van der Waals surface area (Å²) >= 11 is 0. The van der Waals surface area contributed by atoms with Crippen LogP contribution in [0.1, 0.15) is 12.3 Å². The second-order valence-corrected chi connectivity index (χ2v) is 6.51. The lowest BCUT2D eigenvalue weighted by atomic mass is 10.1. The standard InChI is InChI=1S/C20H19N3O4/c1-12-21-17-7-6-14(9-18(17)27-12)22-20(25)13-8-19(24)23(11-13)15-4-3-5-16(10-15)26-2/h3-7,9-10,13H,8,11H2,1-2H3,(H,22,25)/t13-/m0/s1. The molecule has 1 N–H and O–H groups in total. The second-order valence-electron chi connectivity index (χ2n) is 6.51. The monoisotopic (exact) mass is 365 g/mol.